The van der Waals surface area contributed by atoms with Gasteiger partial charge in [-0.15, -0.1) is 10.2 Å². The zero-order chi connectivity index (χ0) is 23.9. The number of carbonyl (C=O) groups is 2. The van der Waals surface area contributed by atoms with Crippen molar-refractivity contribution in [2.24, 2.45) is 0 Å². The number of rotatable bonds is 9. The first-order chi connectivity index (χ1) is 16.5. The van der Waals surface area contributed by atoms with Crippen molar-refractivity contribution < 1.29 is 19.1 Å². The topological polar surface area (TPSA) is 111 Å². The molecule has 2 aromatic rings. The second-order valence-electron chi connectivity index (χ2n) is 8.49. The molecule has 0 aliphatic carbocycles. The van der Waals surface area contributed by atoms with E-state index in [2.05, 4.69) is 25.7 Å². The molecular formula is C23H32N6O4S. The second-order valence-corrected chi connectivity index (χ2v) is 9.43. The zero-order valence-corrected chi connectivity index (χ0v) is 20.5. The number of aryl methyl sites for hydroxylation is 1. The van der Waals surface area contributed by atoms with Gasteiger partial charge in [0.1, 0.15) is 0 Å². The van der Waals surface area contributed by atoms with Crippen LogP contribution in [0.15, 0.2) is 23.4 Å². The first-order valence-electron chi connectivity index (χ1n) is 11.6. The molecule has 1 unspecified atom stereocenters. The highest BCUT2D eigenvalue weighted by Gasteiger charge is 2.25. The van der Waals surface area contributed by atoms with Crippen LogP contribution in [0, 0.1) is 13.8 Å². The lowest BCUT2D eigenvalue weighted by atomic mass is 10.1. The van der Waals surface area contributed by atoms with Gasteiger partial charge in [0.15, 0.2) is 5.16 Å². The lowest BCUT2D eigenvalue weighted by molar-refractivity contribution is -0.122. The molecule has 2 saturated heterocycles. The number of carbonyl (C=O) groups excluding carboxylic acids is 2. The standard InChI is InChI=1S/C23H32N6O4S/c1-16-5-3-7-19(17(16)2)25-20(30)13-24-21(31)15-34-23-27-26-22(28-8-11-32-12-9-28)29(23)14-18-6-4-10-33-18/h3,5,7,18H,4,6,8-15H2,1-2H3,(H,24,31)(H,25,30). The molecule has 0 spiro atoms. The molecule has 0 radical (unpaired) electrons. The molecule has 2 N–H and O–H groups in total. The fourth-order valence-corrected chi connectivity index (χ4v) is 4.75. The number of ether oxygens (including phenoxy) is 2. The largest absolute Gasteiger partial charge is 0.378 e. The first kappa shape index (κ1) is 24.5. The van der Waals surface area contributed by atoms with E-state index in [0.29, 0.717) is 24.9 Å². The fraction of sp³-hybridized carbons (Fsp3) is 0.565. The lowest BCUT2D eigenvalue weighted by Crippen LogP contribution is -2.38. The van der Waals surface area contributed by atoms with Gasteiger partial charge < -0.3 is 25.0 Å². The number of benzene rings is 1. The maximum absolute atomic E-state index is 12.4. The van der Waals surface area contributed by atoms with Gasteiger partial charge in [0.2, 0.25) is 17.8 Å². The molecule has 0 bridgehead atoms. The first-order valence-corrected chi connectivity index (χ1v) is 12.6. The number of nitrogens with one attached hydrogen (secondary N) is 2. The van der Waals surface area contributed by atoms with Crippen LogP contribution in [0.5, 0.6) is 0 Å². The number of morpholine rings is 1. The molecule has 1 atom stereocenters. The molecule has 10 nitrogen and oxygen atoms in total. The molecule has 1 aromatic heterocycles. The van der Waals surface area contributed by atoms with Crippen molar-refractivity contribution in [2.75, 3.05) is 55.4 Å². The molecule has 2 aliphatic rings. The normalized spacial score (nSPS) is 18.2. The molecule has 11 heteroatoms. The highest BCUT2D eigenvalue weighted by Crippen LogP contribution is 2.25. The van der Waals surface area contributed by atoms with E-state index in [0.717, 1.165) is 55.3 Å². The quantitative estimate of drug-likeness (QED) is 0.514. The van der Waals surface area contributed by atoms with Crippen molar-refractivity contribution in [1.82, 2.24) is 20.1 Å². The summed E-state index contributed by atoms with van der Waals surface area (Å²) in [7, 11) is 0. The molecule has 2 fully saturated rings. The number of hydrogen-bond acceptors (Lipinski definition) is 8. The van der Waals surface area contributed by atoms with Crippen LogP contribution in [0.1, 0.15) is 24.0 Å². The Morgan fingerprint density at radius 3 is 2.74 bits per heavy atom. The van der Waals surface area contributed by atoms with Crippen molar-refractivity contribution in [2.45, 2.75) is 44.5 Å². The van der Waals surface area contributed by atoms with Gasteiger partial charge in [0.25, 0.3) is 0 Å². The molecule has 4 rings (SSSR count). The minimum absolute atomic E-state index is 0.0889. The van der Waals surface area contributed by atoms with E-state index in [1.165, 1.54) is 11.8 Å². The molecule has 2 amide bonds. The fourth-order valence-electron chi connectivity index (χ4n) is 3.98. The van der Waals surface area contributed by atoms with Gasteiger partial charge in [-0.05, 0) is 43.9 Å². The van der Waals surface area contributed by atoms with Crippen LogP contribution in [0.2, 0.25) is 0 Å². The van der Waals surface area contributed by atoms with Gasteiger partial charge in [0.05, 0.1) is 38.2 Å². The Labute approximate surface area is 203 Å². The summed E-state index contributed by atoms with van der Waals surface area (Å²) in [5.74, 6) is 0.433. The lowest BCUT2D eigenvalue weighted by Gasteiger charge is -2.28. The van der Waals surface area contributed by atoms with Gasteiger partial charge in [-0.3, -0.25) is 14.2 Å². The van der Waals surface area contributed by atoms with Gasteiger partial charge in [-0.1, -0.05) is 23.9 Å². The Balaban J connectivity index is 1.32. The Hall–Kier alpha value is -2.63. The van der Waals surface area contributed by atoms with E-state index in [4.69, 9.17) is 9.47 Å². The Morgan fingerprint density at radius 1 is 1.15 bits per heavy atom. The van der Waals surface area contributed by atoms with Crippen molar-refractivity contribution >= 4 is 35.2 Å². The molecule has 34 heavy (non-hydrogen) atoms. The summed E-state index contributed by atoms with van der Waals surface area (Å²) in [5.41, 5.74) is 2.87. The van der Waals surface area contributed by atoms with Crippen molar-refractivity contribution in [3.05, 3.63) is 29.3 Å². The van der Waals surface area contributed by atoms with Crippen LogP contribution in [-0.2, 0) is 25.6 Å². The Morgan fingerprint density at radius 2 is 1.97 bits per heavy atom. The Kier molecular flexibility index (Phi) is 8.41. The van der Waals surface area contributed by atoms with E-state index in [1.807, 2.05) is 36.6 Å². The van der Waals surface area contributed by atoms with Crippen LogP contribution in [0.4, 0.5) is 11.6 Å². The number of nitrogens with zero attached hydrogens (tertiary/aromatic N) is 4. The summed E-state index contributed by atoms with van der Waals surface area (Å²) in [6, 6.07) is 5.74. The maximum atomic E-state index is 12.4. The van der Waals surface area contributed by atoms with Gasteiger partial charge in [-0.25, -0.2) is 0 Å². The highest BCUT2D eigenvalue weighted by molar-refractivity contribution is 7.99. The number of aromatic nitrogens is 3. The van der Waals surface area contributed by atoms with Crippen molar-refractivity contribution in [1.29, 1.82) is 0 Å². The molecule has 0 saturated carbocycles. The second kappa shape index (κ2) is 11.7. The van der Waals surface area contributed by atoms with Gasteiger partial charge in [0, 0.05) is 25.4 Å². The molecule has 2 aliphatic heterocycles. The van der Waals surface area contributed by atoms with E-state index >= 15 is 0 Å². The number of hydrogen-bond donors (Lipinski definition) is 2. The summed E-state index contributed by atoms with van der Waals surface area (Å²) in [5, 5.41) is 15.0. The average molecular weight is 489 g/mol. The van der Waals surface area contributed by atoms with E-state index < -0.39 is 0 Å². The predicted octanol–water partition coefficient (Wildman–Crippen LogP) is 1.76. The van der Waals surface area contributed by atoms with Gasteiger partial charge in [-0.2, -0.15) is 0 Å². The van der Waals surface area contributed by atoms with Crippen molar-refractivity contribution in [3.8, 4) is 0 Å². The van der Waals surface area contributed by atoms with Crippen molar-refractivity contribution in [3.63, 3.8) is 0 Å². The zero-order valence-electron chi connectivity index (χ0n) is 19.7. The van der Waals surface area contributed by atoms with Crippen LogP contribution in [0.3, 0.4) is 0 Å². The third-order valence-corrected chi connectivity index (χ3v) is 7.03. The summed E-state index contributed by atoms with van der Waals surface area (Å²) in [6.45, 7) is 8.10. The van der Waals surface area contributed by atoms with Crippen LogP contribution in [-0.4, -0.2) is 77.9 Å². The van der Waals surface area contributed by atoms with E-state index in [9.17, 15) is 9.59 Å². The van der Waals surface area contributed by atoms with E-state index in [1.54, 1.807) is 0 Å². The molecular weight excluding hydrogens is 456 g/mol. The van der Waals surface area contributed by atoms with E-state index in [-0.39, 0.29) is 30.2 Å². The number of thioether (sulfide) groups is 1. The van der Waals surface area contributed by atoms with Crippen LogP contribution < -0.4 is 15.5 Å². The minimum Gasteiger partial charge on any atom is -0.378 e. The highest BCUT2D eigenvalue weighted by atomic mass is 32.2. The number of anilines is 2. The monoisotopic (exact) mass is 488 g/mol. The smallest absolute Gasteiger partial charge is 0.243 e. The predicted molar refractivity (Wildman–Crippen MR) is 130 cm³/mol. The van der Waals surface area contributed by atoms with Crippen LogP contribution in [0.25, 0.3) is 0 Å². The third-order valence-electron chi connectivity index (χ3n) is 6.06. The molecule has 1 aromatic carbocycles. The molecule has 3 heterocycles. The summed E-state index contributed by atoms with van der Waals surface area (Å²) < 4.78 is 13.3. The summed E-state index contributed by atoms with van der Waals surface area (Å²) >= 11 is 1.32. The summed E-state index contributed by atoms with van der Waals surface area (Å²) in [6.07, 6.45) is 2.17. The third kappa shape index (κ3) is 6.28. The SMILES string of the molecule is Cc1cccc(NC(=O)CNC(=O)CSc2nnc(N3CCOCC3)n2CC2CCCO2)c1C. The summed E-state index contributed by atoms with van der Waals surface area (Å²) in [4.78, 5) is 26.9. The minimum atomic E-state index is -0.261. The maximum Gasteiger partial charge on any atom is 0.243 e. The average Bonchev–Trinajstić information content (AvgIpc) is 3.50. The Bertz CT molecular complexity index is 1000. The van der Waals surface area contributed by atoms with Crippen LogP contribution >= 0.6 is 11.8 Å². The molecule has 184 valence electrons. The van der Waals surface area contributed by atoms with Gasteiger partial charge >= 0.3 is 0 Å². The number of amides is 2.